The molecule has 0 bridgehead atoms. The van der Waals surface area contributed by atoms with Crippen molar-refractivity contribution in [2.75, 3.05) is 19.0 Å². The average Bonchev–Trinajstić information content (AvgIpc) is 3.37. The third kappa shape index (κ3) is 3.79. The van der Waals surface area contributed by atoms with Crippen molar-refractivity contribution >= 4 is 57.9 Å². The zero-order valence-electron chi connectivity index (χ0n) is 17.3. The first-order valence-corrected chi connectivity index (χ1v) is 10.4. The van der Waals surface area contributed by atoms with Gasteiger partial charge in [-0.15, -0.1) is 0 Å². The minimum atomic E-state index is -1.04. The lowest BCUT2D eigenvalue weighted by Gasteiger charge is -2.15. The number of carbonyl (C=O) groups is 2. The van der Waals surface area contributed by atoms with Crippen molar-refractivity contribution < 1.29 is 14.7 Å². The molecule has 162 valence electrons. The molecular formula is C24H19Cl2N3O3. The van der Waals surface area contributed by atoms with E-state index in [2.05, 4.69) is 4.98 Å². The Balaban J connectivity index is 1.91. The minimum absolute atomic E-state index is 0.268. The highest BCUT2D eigenvalue weighted by Crippen LogP contribution is 2.40. The highest BCUT2D eigenvalue weighted by Gasteiger charge is 2.26. The predicted molar refractivity (Wildman–Crippen MR) is 129 cm³/mol. The Hall–Kier alpha value is -3.48. The van der Waals surface area contributed by atoms with Crippen LogP contribution < -0.4 is 4.90 Å². The van der Waals surface area contributed by atoms with Crippen molar-refractivity contribution in [3.05, 3.63) is 82.1 Å². The van der Waals surface area contributed by atoms with Gasteiger partial charge in [-0.2, -0.15) is 0 Å². The largest absolute Gasteiger partial charge is 0.478 e. The number of nitrogens with zero attached hydrogens (tertiary/aromatic N) is 2. The summed E-state index contributed by atoms with van der Waals surface area (Å²) in [5.74, 6) is -0.693. The lowest BCUT2D eigenvalue weighted by atomic mass is 10.0. The molecule has 6 nitrogen and oxygen atoms in total. The monoisotopic (exact) mass is 467 g/mol. The zero-order chi connectivity index (χ0) is 23.0. The van der Waals surface area contributed by atoms with Gasteiger partial charge < -0.3 is 15.0 Å². The van der Waals surface area contributed by atoms with E-state index >= 15 is 0 Å². The molecule has 0 fully saturated rings. The summed E-state index contributed by atoms with van der Waals surface area (Å²) >= 11 is 12.9. The van der Waals surface area contributed by atoms with Gasteiger partial charge in [-0.3, -0.25) is 9.36 Å². The number of aromatic nitrogens is 2. The number of aliphatic carboxylic acids is 1. The standard InChI is InChI=1S/C24H19Cl2N3O3/c1-28(2)23-22(16(13-27-23)21-17(25)6-4-7-18(21)26)24(32)29-12-11-15-14(9-10-20(30)31)5-3-8-19(15)29/h3-13,27H,1-2H3,(H,30,31)/b10-9+. The molecule has 2 heterocycles. The van der Waals surface area contributed by atoms with E-state index in [9.17, 15) is 9.59 Å². The predicted octanol–water partition coefficient (Wildman–Crippen LogP) is 5.80. The van der Waals surface area contributed by atoms with E-state index < -0.39 is 5.97 Å². The van der Waals surface area contributed by atoms with Crippen LogP contribution in [0.1, 0.15) is 15.9 Å². The number of carbonyl (C=O) groups excluding carboxylic acids is 1. The lowest BCUT2D eigenvalue weighted by molar-refractivity contribution is -0.131. The van der Waals surface area contributed by atoms with Crippen LogP contribution in [0.15, 0.2) is 60.9 Å². The fourth-order valence-corrected chi connectivity index (χ4v) is 4.33. The van der Waals surface area contributed by atoms with E-state index in [1.54, 1.807) is 48.8 Å². The number of aromatic amines is 1. The number of carboxylic acids is 1. The molecule has 0 aliphatic carbocycles. The molecule has 0 amide bonds. The lowest BCUT2D eigenvalue weighted by Crippen LogP contribution is -2.18. The molecule has 0 saturated carbocycles. The number of anilines is 1. The smallest absolute Gasteiger partial charge is 0.328 e. The number of fused-ring (bicyclic) bond motifs is 1. The normalized spacial score (nSPS) is 11.4. The van der Waals surface area contributed by atoms with Gasteiger partial charge in [0, 0.05) is 59.1 Å². The second kappa shape index (κ2) is 8.57. The molecule has 2 N–H and O–H groups in total. The van der Waals surface area contributed by atoms with E-state index in [0.717, 1.165) is 11.5 Å². The zero-order valence-corrected chi connectivity index (χ0v) is 18.8. The quantitative estimate of drug-likeness (QED) is 0.363. The molecule has 4 rings (SSSR count). The van der Waals surface area contributed by atoms with Gasteiger partial charge in [-0.25, -0.2) is 4.79 Å². The number of carboxylic acid groups (broad SMARTS) is 1. The molecular weight excluding hydrogens is 449 g/mol. The van der Waals surface area contributed by atoms with E-state index in [0.29, 0.717) is 43.6 Å². The molecule has 4 aromatic rings. The minimum Gasteiger partial charge on any atom is -0.478 e. The topological polar surface area (TPSA) is 78.3 Å². The maximum atomic E-state index is 13.8. The third-order valence-corrected chi connectivity index (χ3v) is 5.77. The van der Waals surface area contributed by atoms with Gasteiger partial charge in [0.15, 0.2) is 0 Å². The van der Waals surface area contributed by atoms with E-state index in [-0.39, 0.29) is 5.91 Å². The molecule has 2 aromatic heterocycles. The van der Waals surface area contributed by atoms with Crippen LogP contribution in [0.5, 0.6) is 0 Å². The number of rotatable bonds is 5. The molecule has 0 spiro atoms. The number of hydrogen-bond acceptors (Lipinski definition) is 3. The Morgan fingerprint density at radius 2 is 1.75 bits per heavy atom. The summed E-state index contributed by atoms with van der Waals surface area (Å²) in [6.07, 6.45) is 5.98. The molecule has 0 aliphatic rings. The first-order valence-electron chi connectivity index (χ1n) is 9.68. The molecule has 2 aromatic carbocycles. The van der Waals surface area contributed by atoms with Crippen LogP contribution in [-0.2, 0) is 4.79 Å². The van der Waals surface area contributed by atoms with Gasteiger partial charge in [-0.05, 0) is 35.9 Å². The number of nitrogens with one attached hydrogen (secondary N) is 1. The van der Waals surface area contributed by atoms with Gasteiger partial charge in [0.1, 0.15) is 5.82 Å². The third-order valence-electron chi connectivity index (χ3n) is 5.14. The Kier molecular flexibility index (Phi) is 5.82. The highest BCUT2D eigenvalue weighted by atomic mass is 35.5. The number of halogens is 2. The van der Waals surface area contributed by atoms with Crippen molar-refractivity contribution in [1.82, 2.24) is 9.55 Å². The van der Waals surface area contributed by atoms with Crippen LogP contribution in [-0.4, -0.2) is 40.6 Å². The van der Waals surface area contributed by atoms with Crippen molar-refractivity contribution in [2.45, 2.75) is 0 Å². The van der Waals surface area contributed by atoms with Crippen molar-refractivity contribution in [2.24, 2.45) is 0 Å². The molecule has 0 saturated heterocycles. The van der Waals surface area contributed by atoms with Crippen LogP contribution in [0.3, 0.4) is 0 Å². The van der Waals surface area contributed by atoms with Gasteiger partial charge in [0.2, 0.25) is 0 Å². The first kappa shape index (κ1) is 21.7. The summed E-state index contributed by atoms with van der Waals surface area (Å²) in [7, 11) is 3.67. The van der Waals surface area contributed by atoms with Crippen LogP contribution in [0.25, 0.3) is 28.1 Å². The van der Waals surface area contributed by atoms with E-state index in [4.69, 9.17) is 28.3 Å². The van der Waals surface area contributed by atoms with Gasteiger partial charge >= 0.3 is 5.97 Å². The van der Waals surface area contributed by atoms with Crippen LogP contribution in [0.4, 0.5) is 5.82 Å². The second-order valence-corrected chi connectivity index (χ2v) is 8.17. The highest BCUT2D eigenvalue weighted by molar-refractivity contribution is 6.39. The van der Waals surface area contributed by atoms with E-state index in [1.807, 2.05) is 25.1 Å². The summed E-state index contributed by atoms with van der Waals surface area (Å²) in [5.41, 5.74) is 2.95. The molecule has 32 heavy (non-hydrogen) atoms. The van der Waals surface area contributed by atoms with Crippen molar-refractivity contribution in [1.29, 1.82) is 0 Å². The number of H-pyrrole nitrogens is 1. The summed E-state index contributed by atoms with van der Waals surface area (Å²) in [5, 5.41) is 10.6. The summed E-state index contributed by atoms with van der Waals surface area (Å²) < 4.78 is 1.54. The Morgan fingerprint density at radius 3 is 2.41 bits per heavy atom. The fourth-order valence-electron chi connectivity index (χ4n) is 3.73. The van der Waals surface area contributed by atoms with Crippen LogP contribution in [0.2, 0.25) is 10.0 Å². The van der Waals surface area contributed by atoms with Crippen molar-refractivity contribution in [3.8, 4) is 11.1 Å². The summed E-state index contributed by atoms with van der Waals surface area (Å²) in [4.78, 5) is 29.7. The molecule has 0 radical (unpaired) electrons. The Morgan fingerprint density at radius 1 is 1.06 bits per heavy atom. The van der Waals surface area contributed by atoms with Crippen molar-refractivity contribution in [3.63, 3.8) is 0 Å². The molecule has 0 unspecified atom stereocenters. The molecule has 0 atom stereocenters. The van der Waals surface area contributed by atoms with E-state index in [1.165, 1.54) is 10.6 Å². The second-order valence-electron chi connectivity index (χ2n) is 7.36. The molecule has 0 aliphatic heterocycles. The summed E-state index contributed by atoms with van der Waals surface area (Å²) in [6, 6.07) is 12.4. The maximum Gasteiger partial charge on any atom is 0.328 e. The Bertz CT molecular complexity index is 1360. The first-order chi connectivity index (χ1) is 15.3. The summed E-state index contributed by atoms with van der Waals surface area (Å²) in [6.45, 7) is 0. The van der Waals surface area contributed by atoms with Gasteiger partial charge in [0.05, 0.1) is 11.1 Å². The fraction of sp³-hybridized carbons (Fsp3) is 0.0833. The Labute approximate surface area is 194 Å². The van der Waals surface area contributed by atoms with Gasteiger partial charge in [-0.1, -0.05) is 41.4 Å². The number of benzene rings is 2. The average molecular weight is 468 g/mol. The number of hydrogen-bond donors (Lipinski definition) is 2. The van der Waals surface area contributed by atoms with Gasteiger partial charge in [0.25, 0.3) is 5.91 Å². The maximum absolute atomic E-state index is 13.8. The molecule has 8 heteroatoms. The van der Waals surface area contributed by atoms with Crippen LogP contribution in [0, 0.1) is 0 Å². The SMILES string of the molecule is CN(C)c1[nH]cc(-c2c(Cl)cccc2Cl)c1C(=O)n1ccc2c(/C=C/C(=O)O)cccc21. The van der Waals surface area contributed by atoms with Crippen LogP contribution >= 0.6 is 23.2 Å².